The highest BCUT2D eigenvalue weighted by molar-refractivity contribution is 7.89. The molecular formula is C17H26N4O3S2. The van der Waals surface area contributed by atoms with Crippen LogP contribution in [-0.4, -0.2) is 43.4 Å². The number of nitrogens with zero attached hydrogens (tertiary/aromatic N) is 1. The van der Waals surface area contributed by atoms with Gasteiger partial charge in [0, 0.05) is 25.2 Å². The second kappa shape index (κ2) is 9.84. The number of sulfonamides is 1. The molecule has 1 fully saturated rings. The molecule has 1 amide bonds. The maximum Gasteiger partial charge on any atom is 0.269 e. The highest BCUT2D eigenvalue weighted by Gasteiger charge is 2.27. The first-order valence-corrected chi connectivity index (χ1v) is 10.7. The molecule has 0 unspecified atom stereocenters. The van der Waals surface area contributed by atoms with Crippen LogP contribution in [0.3, 0.4) is 0 Å². The number of hydrogen-bond acceptors (Lipinski definition) is 4. The van der Waals surface area contributed by atoms with Gasteiger partial charge in [0.1, 0.15) is 0 Å². The molecule has 1 aromatic carbocycles. The highest BCUT2D eigenvalue weighted by Crippen LogP contribution is 2.20. The molecular weight excluding hydrogens is 372 g/mol. The molecule has 0 aliphatic carbocycles. The summed E-state index contributed by atoms with van der Waals surface area (Å²) in [5, 5.41) is 3.36. The van der Waals surface area contributed by atoms with Gasteiger partial charge in [-0.25, -0.2) is 8.42 Å². The van der Waals surface area contributed by atoms with Crippen molar-refractivity contribution in [1.82, 2.24) is 20.5 Å². The highest BCUT2D eigenvalue weighted by atomic mass is 32.2. The molecule has 0 atom stereocenters. The van der Waals surface area contributed by atoms with Gasteiger partial charge in [-0.2, -0.15) is 4.31 Å². The van der Waals surface area contributed by atoms with E-state index in [2.05, 4.69) is 23.1 Å². The molecule has 0 radical (unpaired) electrons. The summed E-state index contributed by atoms with van der Waals surface area (Å²) in [6.07, 6.45) is 5.03. The molecule has 9 heteroatoms. The first kappa shape index (κ1) is 20.6. The Kier molecular flexibility index (Phi) is 7.80. The number of hydrogen-bond donors (Lipinski definition) is 3. The molecule has 0 aromatic heterocycles. The summed E-state index contributed by atoms with van der Waals surface area (Å²) in [6, 6.07) is 5.92. The van der Waals surface area contributed by atoms with Crippen molar-refractivity contribution in [2.45, 2.75) is 43.9 Å². The molecule has 2 rings (SSSR count). The van der Waals surface area contributed by atoms with E-state index in [-0.39, 0.29) is 10.8 Å². The normalized spacial score (nSPS) is 14.8. The first-order chi connectivity index (χ1) is 12.4. The molecule has 0 spiro atoms. The number of nitrogens with one attached hydrogen (secondary N) is 3. The zero-order valence-electron chi connectivity index (χ0n) is 15.0. The van der Waals surface area contributed by atoms with Crippen molar-refractivity contribution >= 4 is 33.3 Å². The van der Waals surface area contributed by atoms with Crippen molar-refractivity contribution in [2.24, 2.45) is 0 Å². The topological polar surface area (TPSA) is 90.5 Å². The van der Waals surface area contributed by atoms with Crippen LogP contribution in [0.25, 0.3) is 0 Å². The lowest BCUT2D eigenvalue weighted by atomic mass is 10.2. The van der Waals surface area contributed by atoms with Gasteiger partial charge in [-0.3, -0.25) is 15.6 Å². The summed E-state index contributed by atoms with van der Waals surface area (Å²) in [5.74, 6) is -0.382. The molecule has 1 aromatic rings. The molecule has 1 aliphatic heterocycles. The lowest BCUT2D eigenvalue weighted by molar-refractivity contribution is 0.0943. The predicted molar refractivity (Wildman–Crippen MR) is 105 cm³/mol. The Labute approximate surface area is 160 Å². The number of rotatable bonds is 7. The van der Waals surface area contributed by atoms with Gasteiger partial charge in [-0.15, -0.1) is 0 Å². The third kappa shape index (κ3) is 5.65. The Bertz CT molecular complexity index is 714. The quantitative estimate of drug-likeness (QED) is 0.368. The van der Waals surface area contributed by atoms with Crippen molar-refractivity contribution in [1.29, 1.82) is 0 Å². The molecule has 7 nitrogen and oxygen atoms in total. The average molecular weight is 399 g/mol. The van der Waals surface area contributed by atoms with E-state index in [4.69, 9.17) is 12.2 Å². The van der Waals surface area contributed by atoms with Gasteiger partial charge in [-0.05, 0) is 55.7 Å². The summed E-state index contributed by atoms with van der Waals surface area (Å²) in [5.41, 5.74) is 5.50. The molecule has 26 heavy (non-hydrogen) atoms. The lowest BCUT2D eigenvalue weighted by Crippen LogP contribution is -2.46. The van der Waals surface area contributed by atoms with Gasteiger partial charge >= 0.3 is 0 Å². The first-order valence-electron chi connectivity index (χ1n) is 8.89. The molecule has 144 valence electrons. The maximum absolute atomic E-state index is 12.5. The van der Waals surface area contributed by atoms with Gasteiger partial charge in [0.15, 0.2) is 5.11 Å². The fourth-order valence-corrected chi connectivity index (χ4v) is 4.33. The number of amides is 1. The largest absolute Gasteiger partial charge is 0.361 e. The van der Waals surface area contributed by atoms with Gasteiger partial charge < -0.3 is 5.32 Å². The summed E-state index contributed by atoms with van der Waals surface area (Å²) in [6.45, 7) is 3.98. The summed E-state index contributed by atoms with van der Waals surface area (Å²) in [4.78, 5) is 12.3. The minimum Gasteiger partial charge on any atom is -0.361 e. The molecule has 1 saturated heterocycles. The third-order valence-corrected chi connectivity index (χ3v) is 6.33. The Balaban J connectivity index is 1.85. The zero-order chi connectivity index (χ0) is 19.0. The van der Waals surface area contributed by atoms with Crippen LogP contribution in [0.5, 0.6) is 0 Å². The van der Waals surface area contributed by atoms with Crippen LogP contribution in [0, 0.1) is 0 Å². The summed E-state index contributed by atoms with van der Waals surface area (Å²) < 4.78 is 26.4. The van der Waals surface area contributed by atoms with Crippen LogP contribution in [-0.2, 0) is 10.0 Å². The maximum atomic E-state index is 12.5. The fourth-order valence-electron chi connectivity index (χ4n) is 2.66. The van der Waals surface area contributed by atoms with Crippen LogP contribution in [0.1, 0.15) is 49.4 Å². The van der Waals surface area contributed by atoms with E-state index in [0.717, 1.165) is 38.6 Å². The molecule has 1 heterocycles. The predicted octanol–water partition coefficient (Wildman–Crippen LogP) is 1.77. The van der Waals surface area contributed by atoms with E-state index in [9.17, 15) is 13.2 Å². The van der Waals surface area contributed by atoms with Crippen LogP contribution in [0.15, 0.2) is 29.2 Å². The van der Waals surface area contributed by atoms with Gasteiger partial charge in [-0.1, -0.05) is 19.8 Å². The molecule has 1 aliphatic rings. The summed E-state index contributed by atoms with van der Waals surface area (Å²) in [7, 11) is -3.47. The second-order valence-electron chi connectivity index (χ2n) is 6.18. The number of benzene rings is 1. The van der Waals surface area contributed by atoms with Crippen LogP contribution in [0.2, 0.25) is 0 Å². The van der Waals surface area contributed by atoms with Crippen LogP contribution >= 0.6 is 12.2 Å². The van der Waals surface area contributed by atoms with E-state index in [1.54, 1.807) is 0 Å². The number of carbonyl (C=O) groups is 1. The van der Waals surface area contributed by atoms with E-state index in [0.29, 0.717) is 23.8 Å². The van der Waals surface area contributed by atoms with Crippen molar-refractivity contribution in [3.63, 3.8) is 0 Å². The minimum absolute atomic E-state index is 0.206. The Morgan fingerprint density at radius 3 is 2.38 bits per heavy atom. The SMILES string of the molecule is CCCCCNC(=S)NNC(=O)c1ccc(S(=O)(=O)N2CCCC2)cc1. The molecule has 0 bridgehead atoms. The third-order valence-electron chi connectivity index (χ3n) is 4.17. The Hall–Kier alpha value is -1.71. The Morgan fingerprint density at radius 1 is 1.12 bits per heavy atom. The van der Waals surface area contributed by atoms with Gasteiger partial charge in [0.05, 0.1) is 4.90 Å². The standard InChI is InChI=1S/C17H26N4O3S2/c1-2-3-4-11-18-17(25)20-19-16(22)14-7-9-15(10-8-14)26(23,24)21-12-5-6-13-21/h7-10H,2-6,11-13H2,1H3,(H,19,22)(H2,18,20,25). The second-order valence-corrected chi connectivity index (χ2v) is 8.52. The van der Waals surface area contributed by atoms with Crippen LogP contribution in [0.4, 0.5) is 0 Å². The number of unbranched alkanes of at least 4 members (excludes halogenated alkanes) is 2. The van der Waals surface area contributed by atoms with E-state index < -0.39 is 10.0 Å². The Morgan fingerprint density at radius 2 is 1.77 bits per heavy atom. The van der Waals surface area contributed by atoms with Crippen molar-refractivity contribution in [3.05, 3.63) is 29.8 Å². The van der Waals surface area contributed by atoms with Crippen molar-refractivity contribution < 1.29 is 13.2 Å². The van der Waals surface area contributed by atoms with Crippen LogP contribution < -0.4 is 16.2 Å². The zero-order valence-corrected chi connectivity index (χ0v) is 16.6. The number of thiocarbonyl (C=S) groups is 1. The number of carbonyl (C=O) groups excluding carboxylic acids is 1. The lowest BCUT2D eigenvalue weighted by Gasteiger charge is -2.15. The summed E-state index contributed by atoms with van der Waals surface area (Å²) >= 11 is 5.08. The van der Waals surface area contributed by atoms with E-state index >= 15 is 0 Å². The van der Waals surface area contributed by atoms with Gasteiger partial charge in [0.2, 0.25) is 10.0 Å². The molecule has 0 saturated carbocycles. The average Bonchev–Trinajstić information content (AvgIpc) is 3.19. The smallest absolute Gasteiger partial charge is 0.269 e. The van der Waals surface area contributed by atoms with Crippen molar-refractivity contribution in [3.8, 4) is 0 Å². The molecule has 3 N–H and O–H groups in total. The van der Waals surface area contributed by atoms with E-state index in [1.165, 1.54) is 28.6 Å². The monoisotopic (exact) mass is 398 g/mol. The van der Waals surface area contributed by atoms with Crippen molar-refractivity contribution in [2.75, 3.05) is 19.6 Å². The fraction of sp³-hybridized carbons (Fsp3) is 0.529. The minimum atomic E-state index is -3.47. The number of hydrazine groups is 1. The van der Waals surface area contributed by atoms with Gasteiger partial charge in [0.25, 0.3) is 5.91 Å². The van der Waals surface area contributed by atoms with E-state index in [1.807, 2.05) is 0 Å².